The summed E-state index contributed by atoms with van der Waals surface area (Å²) in [6, 6.07) is 57.4. The maximum absolute atomic E-state index is 5.13. The first-order chi connectivity index (χ1) is 25.2. The minimum atomic E-state index is 0.617. The summed E-state index contributed by atoms with van der Waals surface area (Å²) in [6.07, 6.45) is 2.00. The highest BCUT2D eigenvalue weighted by atomic mass is 32.1. The van der Waals surface area contributed by atoms with Gasteiger partial charge in [0.15, 0.2) is 17.5 Å². The van der Waals surface area contributed by atoms with Gasteiger partial charge in [0.2, 0.25) is 0 Å². The van der Waals surface area contributed by atoms with Gasteiger partial charge in [-0.2, -0.15) is 0 Å². The second-order valence-electron chi connectivity index (χ2n) is 12.7. The van der Waals surface area contributed by atoms with E-state index in [9.17, 15) is 0 Å². The van der Waals surface area contributed by atoms with Crippen LogP contribution in [0.1, 0.15) is 0 Å². The molecule has 0 atom stereocenters. The molecule has 4 nitrogen and oxygen atoms in total. The van der Waals surface area contributed by atoms with Crippen molar-refractivity contribution in [2.75, 3.05) is 0 Å². The molecule has 0 bridgehead atoms. The lowest BCUT2D eigenvalue weighted by Crippen LogP contribution is -2.00. The number of nitrogens with zero attached hydrogens (tertiary/aromatic N) is 4. The fraction of sp³-hybridized carbons (Fsp3) is 0. The highest BCUT2D eigenvalue weighted by Gasteiger charge is 2.17. The van der Waals surface area contributed by atoms with Gasteiger partial charge in [-0.05, 0) is 74.6 Å². The molecule has 0 fully saturated rings. The normalized spacial score (nSPS) is 11.5. The Morgan fingerprint density at radius 2 is 0.902 bits per heavy atom. The largest absolute Gasteiger partial charge is 0.245 e. The molecule has 0 amide bonds. The van der Waals surface area contributed by atoms with Crippen molar-refractivity contribution in [1.82, 2.24) is 19.9 Å². The van der Waals surface area contributed by atoms with Crippen LogP contribution in [0.15, 0.2) is 170 Å². The van der Waals surface area contributed by atoms with Crippen molar-refractivity contribution >= 4 is 53.2 Å². The molecule has 3 heterocycles. The summed E-state index contributed by atoms with van der Waals surface area (Å²) < 4.78 is 1.24. The SMILES string of the molecule is c1ccc(-c2nc(-c3ccccc3)nc(-c3cc(-c4cnc5sc6ccccc6c5c4)cc(-c4cc5ccccc5c5ccccc45)c3)n2)cc1. The molecule has 0 aliphatic rings. The maximum Gasteiger partial charge on any atom is 0.164 e. The van der Waals surface area contributed by atoms with Gasteiger partial charge in [0, 0.05) is 43.9 Å². The number of rotatable bonds is 5. The Kier molecular flexibility index (Phi) is 6.96. The number of hydrogen-bond acceptors (Lipinski definition) is 5. The van der Waals surface area contributed by atoms with Crippen molar-refractivity contribution < 1.29 is 0 Å². The molecule has 7 aromatic carbocycles. The molecule has 0 aliphatic carbocycles. The van der Waals surface area contributed by atoms with Crippen LogP contribution in [-0.4, -0.2) is 19.9 Å². The van der Waals surface area contributed by atoms with Crippen LogP contribution in [-0.2, 0) is 0 Å². The van der Waals surface area contributed by atoms with E-state index in [1.807, 2.05) is 66.9 Å². The van der Waals surface area contributed by atoms with E-state index in [2.05, 4.69) is 103 Å². The topological polar surface area (TPSA) is 51.6 Å². The molecule has 3 aromatic heterocycles. The van der Waals surface area contributed by atoms with Crippen molar-refractivity contribution in [3.05, 3.63) is 170 Å². The quantitative estimate of drug-likeness (QED) is 0.171. The van der Waals surface area contributed by atoms with E-state index >= 15 is 0 Å². The lowest BCUT2D eigenvalue weighted by molar-refractivity contribution is 1.07. The predicted octanol–water partition coefficient (Wildman–Crippen LogP) is 12.3. The van der Waals surface area contributed by atoms with Crippen LogP contribution in [0, 0.1) is 0 Å². The van der Waals surface area contributed by atoms with Crippen molar-refractivity contribution in [2.45, 2.75) is 0 Å². The van der Waals surface area contributed by atoms with Gasteiger partial charge in [0.05, 0.1) is 0 Å². The number of pyridine rings is 1. The van der Waals surface area contributed by atoms with E-state index in [1.165, 1.54) is 31.6 Å². The molecule has 0 aliphatic heterocycles. The molecule has 0 N–H and O–H groups in total. The fourth-order valence-electron chi connectivity index (χ4n) is 7.08. The second-order valence-corrected chi connectivity index (χ2v) is 13.7. The Hall–Kier alpha value is -6.56. The standard InChI is InChI=1S/C46H28N4S/c1-3-13-29(14-4-1)43-48-44(30-15-5-2-6-16-30)50-45(49-43)34-24-32(35-27-41-39-21-11-12-22-42(39)51-46(41)47-28-35)23-33(25-34)40-26-31-17-7-8-18-36(31)37-19-9-10-20-38(37)40/h1-28H. The molecule has 10 aromatic rings. The number of aromatic nitrogens is 4. The summed E-state index contributed by atoms with van der Waals surface area (Å²) in [5.41, 5.74) is 7.12. The van der Waals surface area contributed by atoms with Gasteiger partial charge in [0.1, 0.15) is 4.83 Å². The first-order valence-electron chi connectivity index (χ1n) is 17.0. The summed E-state index contributed by atoms with van der Waals surface area (Å²) >= 11 is 1.73. The Bertz CT molecular complexity index is 2860. The third kappa shape index (κ3) is 5.23. The maximum atomic E-state index is 5.13. The average Bonchev–Trinajstić information content (AvgIpc) is 3.59. The van der Waals surface area contributed by atoms with Crippen molar-refractivity contribution in [3.8, 4) is 56.4 Å². The molecule has 0 spiro atoms. The van der Waals surface area contributed by atoms with E-state index in [0.29, 0.717) is 17.5 Å². The molecule has 51 heavy (non-hydrogen) atoms. The first kappa shape index (κ1) is 29.4. The molecule has 10 rings (SSSR count). The van der Waals surface area contributed by atoms with Gasteiger partial charge < -0.3 is 0 Å². The van der Waals surface area contributed by atoms with Crippen molar-refractivity contribution in [2.24, 2.45) is 0 Å². The van der Waals surface area contributed by atoms with Gasteiger partial charge in [-0.25, -0.2) is 19.9 Å². The molecule has 0 saturated heterocycles. The van der Waals surface area contributed by atoms with Gasteiger partial charge in [-0.1, -0.05) is 127 Å². The highest BCUT2D eigenvalue weighted by Crippen LogP contribution is 2.40. The minimum absolute atomic E-state index is 0.617. The lowest BCUT2D eigenvalue weighted by Gasteiger charge is -2.15. The third-order valence-electron chi connectivity index (χ3n) is 9.54. The van der Waals surface area contributed by atoms with Crippen molar-refractivity contribution in [3.63, 3.8) is 0 Å². The second kappa shape index (κ2) is 12.1. The summed E-state index contributed by atoms with van der Waals surface area (Å²) in [6.45, 7) is 0. The number of thiophene rings is 1. The summed E-state index contributed by atoms with van der Waals surface area (Å²) in [4.78, 5) is 21.2. The van der Waals surface area contributed by atoms with Gasteiger partial charge in [-0.15, -0.1) is 11.3 Å². The predicted molar refractivity (Wildman–Crippen MR) is 213 cm³/mol. The molecule has 0 unspecified atom stereocenters. The van der Waals surface area contributed by atoms with E-state index in [1.54, 1.807) is 11.3 Å². The van der Waals surface area contributed by atoms with E-state index in [4.69, 9.17) is 19.9 Å². The zero-order chi connectivity index (χ0) is 33.7. The van der Waals surface area contributed by atoms with Crippen LogP contribution in [0.3, 0.4) is 0 Å². The molecular formula is C46H28N4S. The molecule has 0 saturated carbocycles. The van der Waals surface area contributed by atoms with Crippen LogP contribution in [0.4, 0.5) is 0 Å². The van der Waals surface area contributed by atoms with Crippen LogP contribution in [0.5, 0.6) is 0 Å². The summed E-state index contributed by atoms with van der Waals surface area (Å²) in [5, 5.41) is 7.24. The minimum Gasteiger partial charge on any atom is -0.245 e. The monoisotopic (exact) mass is 668 g/mol. The fourth-order valence-corrected chi connectivity index (χ4v) is 8.10. The Morgan fingerprint density at radius 3 is 1.63 bits per heavy atom. The average molecular weight is 669 g/mol. The van der Waals surface area contributed by atoms with Crippen LogP contribution in [0.25, 0.3) is 98.3 Å². The lowest BCUT2D eigenvalue weighted by atomic mass is 9.90. The number of benzene rings is 7. The molecule has 238 valence electrons. The zero-order valence-corrected chi connectivity index (χ0v) is 28.2. The molecule has 0 radical (unpaired) electrons. The van der Waals surface area contributed by atoms with E-state index < -0.39 is 0 Å². The van der Waals surface area contributed by atoms with E-state index in [0.717, 1.165) is 49.2 Å². The third-order valence-corrected chi connectivity index (χ3v) is 10.6. The molecule has 5 heteroatoms. The summed E-state index contributed by atoms with van der Waals surface area (Å²) in [5.74, 6) is 1.89. The Morgan fingerprint density at radius 1 is 0.353 bits per heavy atom. The summed E-state index contributed by atoms with van der Waals surface area (Å²) in [7, 11) is 0. The van der Waals surface area contributed by atoms with Crippen molar-refractivity contribution in [1.29, 1.82) is 0 Å². The van der Waals surface area contributed by atoms with Crippen LogP contribution < -0.4 is 0 Å². The number of hydrogen-bond donors (Lipinski definition) is 0. The zero-order valence-electron chi connectivity index (χ0n) is 27.4. The van der Waals surface area contributed by atoms with Crippen LogP contribution >= 0.6 is 11.3 Å². The Balaban J connectivity index is 1.25. The highest BCUT2D eigenvalue weighted by molar-refractivity contribution is 7.25. The van der Waals surface area contributed by atoms with Gasteiger partial charge in [-0.3, -0.25) is 0 Å². The van der Waals surface area contributed by atoms with Crippen LogP contribution in [0.2, 0.25) is 0 Å². The van der Waals surface area contributed by atoms with E-state index in [-0.39, 0.29) is 0 Å². The van der Waals surface area contributed by atoms with Gasteiger partial charge in [0.25, 0.3) is 0 Å². The number of fused-ring (bicyclic) bond motifs is 6. The Labute approximate surface area is 298 Å². The van der Waals surface area contributed by atoms with Gasteiger partial charge >= 0.3 is 0 Å². The molecular weight excluding hydrogens is 641 g/mol. The smallest absolute Gasteiger partial charge is 0.164 e. The first-order valence-corrected chi connectivity index (χ1v) is 17.8.